The summed E-state index contributed by atoms with van der Waals surface area (Å²) in [5, 5.41) is 13.7. The van der Waals surface area contributed by atoms with Gasteiger partial charge in [0, 0.05) is 12.1 Å². The van der Waals surface area contributed by atoms with E-state index in [9.17, 15) is 5.11 Å². The normalized spacial score (nSPS) is 20.4. The average Bonchev–Trinajstić information content (AvgIpc) is 3.21. The molecule has 0 radical (unpaired) electrons. The van der Waals surface area contributed by atoms with E-state index < -0.39 is 6.10 Å². The van der Waals surface area contributed by atoms with Gasteiger partial charge in [0.2, 0.25) is 0 Å². The van der Waals surface area contributed by atoms with Crippen molar-refractivity contribution < 1.29 is 5.11 Å². The minimum atomic E-state index is -0.406. The van der Waals surface area contributed by atoms with Gasteiger partial charge < -0.3 is 10.4 Å². The van der Waals surface area contributed by atoms with Crippen molar-refractivity contribution in [3.05, 3.63) is 35.4 Å². The van der Waals surface area contributed by atoms with Crippen molar-refractivity contribution in [1.29, 1.82) is 0 Å². The molecule has 0 saturated heterocycles. The van der Waals surface area contributed by atoms with Crippen LogP contribution in [0, 0.1) is 0 Å². The first-order chi connectivity index (χ1) is 8.61. The topological polar surface area (TPSA) is 32.3 Å². The van der Waals surface area contributed by atoms with Crippen LogP contribution >= 0.6 is 0 Å². The highest BCUT2D eigenvalue weighted by molar-refractivity contribution is 5.27. The highest BCUT2D eigenvalue weighted by Crippen LogP contribution is 2.25. The van der Waals surface area contributed by atoms with Crippen LogP contribution < -0.4 is 5.32 Å². The predicted octanol–water partition coefficient (Wildman–Crippen LogP) is 3.37. The van der Waals surface area contributed by atoms with E-state index in [1.165, 1.54) is 18.4 Å². The first-order valence-corrected chi connectivity index (χ1v) is 7.15. The van der Waals surface area contributed by atoms with Crippen LogP contribution in [-0.4, -0.2) is 17.2 Å². The maximum atomic E-state index is 10.3. The van der Waals surface area contributed by atoms with Gasteiger partial charge in [0.1, 0.15) is 0 Å². The summed E-state index contributed by atoms with van der Waals surface area (Å²) in [7, 11) is 0. The smallest absolute Gasteiger partial charge is 0.0940 e. The summed E-state index contributed by atoms with van der Waals surface area (Å²) in [4.78, 5) is 0. The number of hydrogen-bond acceptors (Lipinski definition) is 2. The Kier molecular flexibility index (Phi) is 4.41. The van der Waals surface area contributed by atoms with E-state index in [0.29, 0.717) is 12.0 Å². The zero-order valence-corrected chi connectivity index (χ0v) is 11.7. The highest BCUT2D eigenvalue weighted by atomic mass is 16.3. The van der Waals surface area contributed by atoms with E-state index in [2.05, 4.69) is 50.4 Å². The molecule has 0 aromatic heterocycles. The van der Waals surface area contributed by atoms with Gasteiger partial charge in [0.25, 0.3) is 0 Å². The minimum Gasteiger partial charge on any atom is -0.387 e. The molecule has 0 aliphatic heterocycles. The quantitative estimate of drug-likeness (QED) is 0.807. The molecule has 1 fully saturated rings. The Morgan fingerprint density at radius 2 is 1.72 bits per heavy atom. The molecule has 2 N–H and O–H groups in total. The fourth-order valence-corrected chi connectivity index (χ4v) is 2.26. The number of nitrogens with one attached hydrogen (secondary N) is 1. The van der Waals surface area contributed by atoms with Crippen LogP contribution in [0.4, 0.5) is 0 Å². The van der Waals surface area contributed by atoms with E-state index in [4.69, 9.17) is 0 Å². The third kappa shape index (κ3) is 3.33. The molecule has 18 heavy (non-hydrogen) atoms. The fraction of sp³-hybridized carbons (Fsp3) is 0.625. The Balaban J connectivity index is 1.98. The number of benzene rings is 1. The van der Waals surface area contributed by atoms with Gasteiger partial charge in [-0.25, -0.2) is 0 Å². The Morgan fingerprint density at radius 1 is 1.17 bits per heavy atom. The van der Waals surface area contributed by atoms with E-state index in [0.717, 1.165) is 12.0 Å². The minimum absolute atomic E-state index is 0.131. The maximum absolute atomic E-state index is 10.3. The molecule has 1 aromatic rings. The van der Waals surface area contributed by atoms with Gasteiger partial charge in [-0.2, -0.15) is 0 Å². The molecule has 0 spiro atoms. The zero-order chi connectivity index (χ0) is 13.1. The molecular weight excluding hydrogens is 222 g/mol. The molecular formula is C16H25NO. The number of aliphatic hydroxyl groups is 1. The molecule has 1 aromatic carbocycles. The molecule has 2 heteroatoms. The van der Waals surface area contributed by atoms with Gasteiger partial charge in [-0.15, -0.1) is 0 Å². The summed E-state index contributed by atoms with van der Waals surface area (Å²) in [6, 6.07) is 9.20. The summed E-state index contributed by atoms with van der Waals surface area (Å²) in [5.74, 6) is 0.596. The van der Waals surface area contributed by atoms with Crippen LogP contribution in [0.25, 0.3) is 0 Å². The lowest BCUT2D eigenvalue weighted by Crippen LogP contribution is -2.33. The molecule has 0 heterocycles. The first-order valence-electron chi connectivity index (χ1n) is 7.15. The Labute approximate surface area is 110 Å². The SMILES string of the molecule is CCC(C)c1ccc(C(O)C(C)NC2CC2)cc1. The summed E-state index contributed by atoms with van der Waals surface area (Å²) in [5.41, 5.74) is 2.37. The number of aliphatic hydroxyl groups excluding tert-OH is 1. The highest BCUT2D eigenvalue weighted by Gasteiger charge is 2.26. The molecule has 0 amide bonds. The standard InChI is InChI=1S/C16H25NO/c1-4-11(2)13-5-7-14(8-6-13)16(18)12(3)17-15-9-10-15/h5-8,11-12,15-18H,4,9-10H2,1-3H3. The summed E-state index contributed by atoms with van der Waals surface area (Å²) >= 11 is 0. The summed E-state index contributed by atoms with van der Waals surface area (Å²) in [6.45, 7) is 6.50. The van der Waals surface area contributed by atoms with Gasteiger partial charge >= 0.3 is 0 Å². The van der Waals surface area contributed by atoms with E-state index in [1.54, 1.807) is 0 Å². The fourth-order valence-electron chi connectivity index (χ4n) is 2.26. The Bertz CT molecular complexity index is 369. The van der Waals surface area contributed by atoms with Crippen molar-refractivity contribution in [2.75, 3.05) is 0 Å². The van der Waals surface area contributed by atoms with E-state index in [-0.39, 0.29) is 6.04 Å². The third-order valence-corrected chi connectivity index (χ3v) is 4.01. The Hall–Kier alpha value is -0.860. The van der Waals surface area contributed by atoms with Crippen LogP contribution in [0.3, 0.4) is 0 Å². The van der Waals surface area contributed by atoms with Crippen LogP contribution in [-0.2, 0) is 0 Å². The largest absolute Gasteiger partial charge is 0.387 e. The number of rotatable bonds is 6. The van der Waals surface area contributed by atoms with Gasteiger partial charge in [-0.05, 0) is 43.2 Å². The van der Waals surface area contributed by atoms with Gasteiger partial charge in [-0.1, -0.05) is 38.1 Å². The lowest BCUT2D eigenvalue weighted by molar-refractivity contribution is 0.135. The second kappa shape index (κ2) is 5.85. The monoisotopic (exact) mass is 247 g/mol. The second-order valence-electron chi connectivity index (χ2n) is 5.65. The molecule has 1 aliphatic carbocycles. The van der Waals surface area contributed by atoms with Gasteiger partial charge in [0.15, 0.2) is 0 Å². The van der Waals surface area contributed by atoms with Crippen LogP contribution in [0.15, 0.2) is 24.3 Å². The van der Waals surface area contributed by atoms with Crippen molar-refractivity contribution in [2.45, 2.75) is 64.1 Å². The summed E-state index contributed by atoms with van der Waals surface area (Å²) in [6.07, 6.45) is 3.26. The molecule has 2 rings (SSSR count). The average molecular weight is 247 g/mol. The van der Waals surface area contributed by atoms with Crippen LogP contribution in [0.1, 0.15) is 63.2 Å². The van der Waals surface area contributed by atoms with Crippen molar-refractivity contribution in [2.24, 2.45) is 0 Å². The molecule has 1 saturated carbocycles. The van der Waals surface area contributed by atoms with Crippen molar-refractivity contribution in [1.82, 2.24) is 5.32 Å². The lowest BCUT2D eigenvalue weighted by atomic mass is 9.95. The van der Waals surface area contributed by atoms with Crippen LogP contribution in [0.5, 0.6) is 0 Å². The molecule has 3 unspecified atom stereocenters. The first kappa shape index (κ1) is 13.6. The van der Waals surface area contributed by atoms with Crippen molar-refractivity contribution in [3.63, 3.8) is 0 Å². The van der Waals surface area contributed by atoms with Crippen LogP contribution in [0.2, 0.25) is 0 Å². The zero-order valence-electron chi connectivity index (χ0n) is 11.7. The van der Waals surface area contributed by atoms with E-state index in [1.807, 2.05) is 0 Å². The van der Waals surface area contributed by atoms with Crippen molar-refractivity contribution in [3.8, 4) is 0 Å². The molecule has 2 nitrogen and oxygen atoms in total. The predicted molar refractivity (Wildman–Crippen MR) is 75.7 cm³/mol. The number of hydrogen-bond donors (Lipinski definition) is 2. The lowest BCUT2D eigenvalue weighted by Gasteiger charge is -2.21. The maximum Gasteiger partial charge on any atom is 0.0940 e. The van der Waals surface area contributed by atoms with Gasteiger partial charge in [0.05, 0.1) is 6.10 Å². The molecule has 0 bridgehead atoms. The van der Waals surface area contributed by atoms with E-state index >= 15 is 0 Å². The van der Waals surface area contributed by atoms with Crippen molar-refractivity contribution >= 4 is 0 Å². The second-order valence-corrected chi connectivity index (χ2v) is 5.65. The molecule has 100 valence electrons. The Morgan fingerprint density at radius 3 is 2.22 bits per heavy atom. The summed E-state index contributed by atoms with van der Waals surface area (Å²) < 4.78 is 0. The van der Waals surface area contributed by atoms with Gasteiger partial charge in [-0.3, -0.25) is 0 Å². The molecule has 3 atom stereocenters. The molecule has 1 aliphatic rings. The third-order valence-electron chi connectivity index (χ3n) is 4.01.